The van der Waals surface area contributed by atoms with Gasteiger partial charge in [-0.05, 0) is 133 Å². The van der Waals surface area contributed by atoms with Crippen LogP contribution in [0.4, 0.5) is 0 Å². The molecule has 3 saturated heterocycles. The first-order valence-electron chi connectivity index (χ1n) is 21.2. The molecule has 4 unspecified atom stereocenters. The lowest BCUT2D eigenvalue weighted by Crippen LogP contribution is -2.30. The minimum atomic E-state index is -3.46. The zero-order chi connectivity index (χ0) is 40.9. The second-order valence-corrected chi connectivity index (χ2v) is 20.2. The van der Waals surface area contributed by atoms with E-state index >= 15 is 0 Å². The number of sulfone groups is 1. The van der Waals surface area contributed by atoms with Gasteiger partial charge in [0.2, 0.25) is 0 Å². The van der Waals surface area contributed by atoms with Crippen molar-refractivity contribution >= 4 is 15.8 Å². The van der Waals surface area contributed by atoms with Gasteiger partial charge in [-0.2, -0.15) is 0 Å². The molecule has 1 aromatic rings. The quantitative estimate of drug-likeness (QED) is 0.0839. The highest BCUT2D eigenvalue weighted by molar-refractivity contribution is 7.91. The predicted octanol–water partition coefficient (Wildman–Crippen LogP) is 9.93. The summed E-state index contributed by atoms with van der Waals surface area (Å²) in [7, 11) is -3.46. The van der Waals surface area contributed by atoms with E-state index in [1.807, 2.05) is 26.8 Å². The molecule has 0 amide bonds. The molecule has 0 spiro atoms. The molecule has 3 heterocycles. The van der Waals surface area contributed by atoms with E-state index in [9.17, 15) is 18.3 Å². The van der Waals surface area contributed by atoms with Gasteiger partial charge in [-0.25, -0.2) is 8.42 Å². The van der Waals surface area contributed by atoms with Gasteiger partial charge in [0.15, 0.2) is 9.84 Å². The molecule has 1 N–H and O–H groups in total. The summed E-state index contributed by atoms with van der Waals surface area (Å²) < 4.78 is 50.5. The molecular weight excluding hydrogens is 713 g/mol. The van der Waals surface area contributed by atoms with Crippen molar-refractivity contribution in [1.29, 1.82) is 0 Å². The van der Waals surface area contributed by atoms with Crippen molar-refractivity contribution in [2.45, 2.75) is 174 Å². The molecule has 3 fully saturated rings. The van der Waals surface area contributed by atoms with Crippen LogP contribution in [0, 0.1) is 35.0 Å². The van der Waals surface area contributed by atoms with Crippen LogP contribution >= 0.6 is 0 Å². The molecule has 0 aliphatic carbocycles. The van der Waals surface area contributed by atoms with E-state index in [1.165, 1.54) is 12.8 Å². The highest BCUT2D eigenvalue weighted by Crippen LogP contribution is 2.42. The monoisotopic (exact) mass is 789 g/mol. The van der Waals surface area contributed by atoms with Gasteiger partial charge in [0, 0.05) is 12.5 Å². The average molecular weight is 789 g/mol. The van der Waals surface area contributed by atoms with E-state index in [-0.39, 0.29) is 59.8 Å². The van der Waals surface area contributed by atoms with Crippen molar-refractivity contribution in [2.75, 3.05) is 19.0 Å². The zero-order valence-corrected chi connectivity index (χ0v) is 36.6. The summed E-state index contributed by atoms with van der Waals surface area (Å²) in [5, 5.41) is 11.0. The molecule has 0 radical (unpaired) electrons. The van der Waals surface area contributed by atoms with Crippen molar-refractivity contribution in [3.05, 3.63) is 54.6 Å². The van der Waals surface area contributed by atoms with Crippen molar-refractivity contribution < 1.29 is 37.3 Å². The topological polar surface area (TPSA) is 108 Å². The number of benzene rings is 1. The third kappa shape index (κ3) is 15.3. The molecule has 3 aliphatic heterocycles. The number of hydrogen-bond acceptors (Lipinski definition) is 8. The lowest BCUT2D eigenvalue weighted by atomic mass is 9.80. The average Bonchev–Trinajstić information content (AvgIpc) is 3.83. The second-order valence-electron chi connectivity index (χ2n) is 18.1. The Bertz CT molecular complexity index is 1430. The van der Waals surface area contributed by atoms with Crippen LogP contribution in [0.25, 0.3) is 0 Å². The molecular formula is C46H76O8S. The highest BCUT2D eigenvalue weighted by atomic mass is 32.2. The molecule has 0 aromatic heterocycles. The van der Waals surface area contributed by atoms with Crippen LogP contribution < -0.4 is 0 Å². The molecule has 3 aliphatic rings. The molecule has 0 saturated carbocycles. The molecule has 0 bridgehead atoms. The number of hydrogen-bond donors (Lipinski definition) is 1. The van der Waals surface area contributed by atoms with E-state index in [4.69, 9.17) is 18.9 Å². The summed E-state index contributed by atoms with van der Waals surface area (Å²) in [4.78, 5) is 12.4. The number of carbonyl (C=O) groups excluding carboxylic acids is 1. The fraction of sp³-hybridized carbons (Fsp3) is 0.761. The Hall–Kier alpha value is -2.04. The third-order valence-electron chi connectivity index (χ3n) is 12.1. The van der Waals surface area contributed by atoms with Gasteiger partial charge in [-0.1, -0.05) is 78.0 Å². The van der Waals surface area contributed by atoms with E-state index in [0.29, 0.717) is 49.2 Å². The van der Waals surface area contributed by atoms with Crippen molar-refractivity contribution in [3.8, 4) is 0 Å². The fourth-order valence-corrected chi connectivity index (χ4v) is 9.83. The maximum absolute atomic E-state index is 13.5. The zero-order valence-electron chi connectivity index (χ0n) is 35.8. The van der Waals surface area contributed by atoms with Crippen LogP contribution in [-0.2, 0) is 33.6 Å². The molecule has 55 heavy (non-hydrogen) atoms. The van der Waals surface area contributed by atoms with Crippen LogP contribution in [0.3, 0.4) is 0 Å². The molecule has 1 aromatic carbocycles. The number of carbonyl (C=O) groups is 1. The Morgan fingerprint density at radius 2 is 1.71 bits per heavy atom. The van der Waals surface area contributed by atoms with Gasteiger partial charge in [0.05, 0.1) is 59.3 Å². The Kier molecular flexibility index (Phi) is 19.1. The Labute approximate surface area is 335 Å². The Morgan fingerprint density at radius 3 is 2.29 bits per heavy atom. The molecule has 9 heteroatoms. The van der Waals surface area contributed by atoms with Gasteiger partial charge in [0.1, 0.15) is 0 Å². The number of aliphatic hydroxyl groups excluding tert-OH is 1. The predicted molar refractivity (Wildman–Crippen MR) is 223 cm³/mol. The van der Waals surface area contributed by atoms with Gasteiger partial charge < -0.3 is 24.1 Å². The summed E-state index contributed by atoms with van der Waals surface area (Å²) >= 11 is 0. The number of allylic oxidation sites excluding steroid dienone is 1. The number of rotatable bonds is 19. The molecule has 11 atom stereocenters. The second kappa shape index (κ2) is 22.2. The standard InChI is InChI=1S/C41H66O7S.C5H10O/c1-11-27(2)22-38-32(7)36(26-49(44,45)35-17-13-12-14-18-35)39(48-38)25-29(4)31(6)28(3)23-33(42)19-20-37-30(5)24-34(47-37)16-15-21-46-40(43)41(8,9)10;1-5-3-2-4-6-5/h12-14,17-18,27-29,32-34,36-39,42H,5-6,11,15-16,19-26H2,1-4,7-10H3;5H,2-4H2,1H3/t27-,28-,29-,32-,33?,34+,36-,37?,38-,39?;/m1./s1. The van der Waals surface area contributed by atoms with Crippen LogP contribution in [0.15, 0.2) is 59.5 Å². The first-order chi connectivity index (χ1) is 25.8. The molecule has 314 valence electrons. The summed E-state index contributed by atoms with van der Waals surface area (Å²) in [6.07, 6.45) is 9.46. The van der Waals surface area contributed by atoms with Crippen LogP contribution in [0.2, 0.25) is 0 Å². The van der Waals surface area contributed by atoms with E-state index in [0.717, 1.165) is 49.9 Å². The van der Waals surface area contributed by atoms with Crippen molar-refractivity contribution in [2.24, 2.45) is 35.0 Å². The van der Waals surface area contributed by atoms with Crippen LogP contribution in [0.5, 0.6) is 0 Å². The Morgan fingerprint density at radius 1 is 1.02 bits per heavy atom. The van der Waals surface area contributed by atoms with Gasteiger partial charge in [-0.15, -0.1) is 0 Å². The largest absolute Gasteiger partial charge is 0.465 e. The lowest BCUT2D eigenvalue weighted by Gasteiger charge is -2.28. The minimum Gasteiger partial charge on any atom is -0.465 e. The van der Waals surface area contributed by atoms with Gasteiger partial charge in [-0.3, -0.25) is 4.79 Å². The Balaban J connectivity index is 0.00000123. The van der Waals surface area contributed by atoms with Crippen LogP contribution in [0.1, 0.15) is 133 Å². The molecule has 4 rings (SSSR count). The van der Waals surface area contributed by atoms with Crippen LogP contribution in [-0.4, -0.2) is 75.1 Å². The SMILES string of the molecule is C=C1C[C@H](CCCOC(=O)C(C)(C)C)OC1CCC(O)C[C@@H](C)C(=C)[C@H](C)CC1O[C@H](C[C@H](C)CC)[C@H](C)[C@H]1CS(=O)(=O)c1ccccc1.CC1CCCO1. The van der Waals surface area contributed by atoms with Crippen molar-refractivity contribution in [3.63, 3.8) is 0 Å². The van der Waals surface area contributed by atoms with E-state index < -0.39 is 21.4 Å². The van der Waals surface area contributed by atoms with Gasteiger partial charge >= 0.3 is 5.97 Å². The number of esters is 1. The first-order valence-corrected chi connectivity index (χ1v) is 22.9. The minimum absolute atomic E-state index is 0.0359. The third-order valence-corrected chi connectivity index (χ3v) is 14.0. The first kappa shape index (κ1) is 47.3. The number of aliphatic hydroxyl groups is 1. The van der Waals surface area contributed by atoms with Crippen molar-refractivity contribution in [1.82, 2.24) is 0 Å². The maximum Gasteiger partial charge on any atom is 0.311 e. The maximum atomic E-state index is 13.5. The number of ether oxygens (including phenoxy) is 4. The van der Waals surface area contributed by atoms with E-state index in [2.05, 4.69) is 54.7 Å². The smallest absolute Gasteiger partial charge is 0.311 e. The molecule has 8 nitrogen and oxygen atoms in total. The summed E-state index contributed by atoms with van der Waals surface area (Å²) in [5.74, 6) is 0.648. The fourth-order valence-electron chi connectivity index (χ4n) is 8.04. The summed E-state index contributed by atoms with van der Waals surface area (Å²) in [6.45, 7) is 28.6. The highest BCUT2D eigenvalue weighted by Gasteiger charge is 2.45. The summed E-state index contributed by atoms with van der Waals surface area (Å²) in [5.41, 5.74) is 1.64. The normalized spacial score (nSPS) is 27.9. The van der Waals surface area contributed by atoms with Gasteiger partial charge in [0.25, 0.3) is 0 Å². The summed E-state index contributed by atoms with van der Waals surface area (Å²) in [6, 6.07) is 8.75. The lowest BCUT2D eigenvalue weighted by molar-refractivity contribution is -0.153. The van der Waals surface area contributed by atoms with E-state index in [1.54, 1.807) is 24.3 Å².